The van der Waals surface area contributed by atoms with Crippen LogP contribution in [0.25, 0.3) is 0 Å². The van der Waals surface area contributed by atoms with Crippen molar-refractivity contribution in [2.24, 2.45) is 11.8 Å². The van der Waals surface area contributed by atoms with Crippen molar-refractivity contribution in [3.63, 3.8) is 0 Å². The number of halogens is 1. The molecule has 7 heteroatoms. The maximum Gasteiger partial charge on any atom is 0.250 e. The van der Waals surface area contributed by atoms with Gasteiger partial charge >= 0.3 is 0 Å². The summed E-state index contributed by atoms with van der Waals surface area (Å²) in [5, 5.41) is 9.23. The Balaban J connectivity index is 2.02. The van der Waals surface area contributed by atoms with E-state index in [2.05, 4.69) is 4.72 Å². The summed E-state index contributed by atoms with van der Waals surface area (Å²) in [4.78, 5) is 0. The number of aliphatic hydroxyl groups is 1. The van der Waals surface area contributed by atoms with Crippen molar-refractivity contribution in [3.8, 4) is 0 Å². The van der Waals surface area contributed by atoms with Crippen molar-refractivity contribution in [2.45, 2.75) is 30.4 Å². The largest absolute Gasteiger partial charge is 0.396 e. The monoisotopic (exact) mass is 323 g/mol. The van der Waals surface area contributed by atoms with Crippen molar-refractivity contribution < 1.29 is 13.5 Å². The molecule has 19 heavy (non-hydrogen) atoms. The molecule has 0 saturated heterocycles. The fourth-order valence-electron chi connectivity index (χ4n) is 2.47. The number of sulfonamides is 1. The molecule has 2 N–H and O–H groups in total. The standard InChI is InChI=1S/C12H18ClNO3S2/c1-8-5-11(18-12(8)13)19(16,17)14-6-9-3-2-4-10(9)7-15/h5,9-10,14-15H,2-4,6-7H2,1H3. The van der Waals surface area contributed by atoms with Gasteiger partial charge in [-0.2, -0.15) is 0 Å². The van der Waals surface area contributed by atoms with Crippen molar-refractivity contribution in [1.29, 1.82) is 0 Å². The van der Waals surface area contributed by atoms with E-state index in [1.807, 2.05) is 0 Å². The van der Waals surface area contributed by atoms with Crippen LogP contribution < -0.4 is 4.72 Å². The van der Waals surface area contributed by atoms with Crippen LogP contribution in [0.5, 0.6) is 0 Å². The Hall–Kier alpha value is -0.140. The second-order valence-corrected chi connectivity index (χ2v) is 8.66. The number of hydrogen-bond donors (Lipinski definition) is 2. The Kier molecular flexibility index (Phi) is 4.89. The Bertz CT molecular complexity index is 522. The van der Waals surface area contributed by atoms with Crippen LogP contribution in [0.1, 0.15) is 24.8 Å². The van der Waals surface area contributed by atoms with E-state index in [1.165, 1.54) is 0 Å². The molecule has 1 aromatic rings. The lowest BCUT2D eigenvalue weighted by Gasteiger charge is -2.17. The van der Waals surface area contributed by atoms with Crippen LogP contribution in [-0.4, -0.2) is 26.7 Å². The van der Waals surface area contributed by atoms with Gasteiger partial charge in [0.1, 0.15) is 4.21 Å². The van der Waals surface area contributed by atoms with Gasteiger partial charge in [-0.25, -0.2) is 13.1 Å². The third kappa shape index (κ3) is 3.49. The number of aryl methyl sites for hydroxylation is 1. The minimum absolute atomic E-state index is 0.135. The van der Waals surface area contributed by atoms with Crippen molar-refractivity contribution in [1.82, 2.24) is 4.72 Å². The van der Waals surface area contributed by atoms with Gasteiger partial charge in [-0.05, 0) is 43.2 Å². The maximum atomic E-state index is 12.1. The fraction of sp³-hybridized carbons (Fsp3) is 0.667. The molecule has 0 amide bonds. The zero-order valence-electron chi connectivity index (χ0n) is 10.7. The van der Waals surface area contributed by atoms with Crippen molar-refractivity contribution in [3.05, 3.63) is 16.0 Å². The van der Waals surface area contributed by atoms with E-state index in [0.29, 0.717) is 10.9 Å². The molecule has 108 valence electrons. The van der Waals surface area contributed by atoms with Crippen LogP contribution in [0, 0.1) is 18.8 Å². The van der Waals surface area contributed by atoms with Gasteiger partial charge in [0, 0.05) is 13.2 Å². The summed E-state index contributed by atoms with van der Waals surface area (Å²) >= 11 is 6.98. The molecule has 4 nitrogen and oxygen atoms in total. The number of hydrogen-bond acceptors (Lipinski definition) is 4. The van der Waals surface area contributed by atoms with Gasteiger partial charge in [-0.15, -0.1) is 11.3 Å². The lowest BCUT2D eigenvalue weighted by atomic mass is 9.97. The van der Waals surface area contributed by atoms with Gasteiger partial charge in [0.25, 0.3) is 0 Å². The molecule has 1 fully saturated rings. The van der Waals surface area contributed by atoms with Gasteiger partial charge < -0.3 is 5.11 Å². The molecular weight excluding hydrogens is 306 g/mol. The summed E-state index contributed by atoms with van der Waals surface area (Å²) in [5.74, 6) is 0.452. The van der Waals surface area contributed by atoms with Crippen LogP contribution >= 0.6 is 22.9 Å². The smallest absolute Gasteiger partial charge is 0.250 e. The lowest BCUT2D eigenvalue weighted by Crippen LogP contribution is -2.31. The maximum absolute atomic E-state index is 12.1. The summed E-state index contributed by atoms with van der Waals surface area (Å²) in [6.45, 7) is 2.31. The van der Waals surface area contributed by atoms with E-state index >= 15 is 0 Å². The third-order valence-corrected chi connectivity index (χ3v) is 7.14. The van der Waals surface area contributed by atoms with Gasteiger partial charge in [-0.3, -0.25) is 0 Å². The first kappa shape index (κ1) is 15.3. The highest BCUT2D eigenvalue weighted by Gasteiger charge is 2.28. The number of rotatable bonds is 5. The molecule has 2 atom stereocenters. The average Bonchev–Trinajstić information content (AvgIpc) is 2.94. The normalized spacial score (nSPS) is 23.9. The fourth-order valence-corrected chi connectivity index (χ4v) is 5.32. The van der Waals surface area contributed by atoms with Crippen LogP contribution in [0.3, 0.4) is 0 Å². The summed E-state index contributed by atoms with van der Waals surface area (Å²) in [7, 11) is -3.48. The van der Waals surface area contributed by atoms with Crippen LogP contribution in [0.4, 0.5) is 0 Å². The van der Waals surface area contributed by atoms with E-state index in [4.69, 9.17) is 11.6 Å². The lowest BCUT2D eigenvalue weighted by molar-refractivity contribution is 0.195. The predicted molar refractivity (Wildman–Crippen MR) is 77.2 cm³/mol. The molecule has 2 rings (SSSR count). The zero-order valence-corrected chi connectivity index (χ0v) is 13.1. The Morgan fingerprint density at radius 1 is 1.47 bits per heavy atom. The van der Waals surface area contributed by atoms with E-state index in [-0.39, 0.29) is 22.7 Å². The topological polar surface area (TPSA) is 66.4 Å². The van der Waals surface area contributed by atoms with Gasteiger partial charge in [0.15, 0.2) is 0 Å². The van der Waals surface area contributed by atoms with Crippen molar-refractivity contribution >= 4 is 33.0 Å². The van der Waals surface area contributed by atoms with E-state index < -0.39 is 10.0 Å². The second kappa shape index (κ2) is 6.10. The molecular formula is C12H18ClNO3S2. The summed E-state index contributed by atoms with van der Waals surface area (Å²) in [5.41, 5.74) is 0.779. The molecule has 0 spiro atoms. The second-order valence-electron chi connectivity index (χ2n) is 5.01. The first-order valence-corrected chi connectivity index (χ1v) is 8.98. The highest BCUT2D eigenvalue weighted by molar-refractivity contribution is 7.91. The molecule has 2 unspecified atom stereocenters. The van der Waals surface area contributed by atoms with Crippen molar-refractivity contribution in [2.75, 3.05) is 13.2 Å². The molecule has 1 saturated carbocycles. The van der Waals surface area contributed by atoms with Crippen LogP contribution in [0.2, 0.25) is 4.34 Å². The summed E-state index contributed by atoms with van der Waals surface area (Å²) in [6.07, 6.45) is 3.01. The highest BCUT2D eigenvalue weighted by Crippen LogP contribution is 2.32. The Morgan fingerprint density at radius 3 is 2.74 bits per heavy atom. The van der Waals surface area contributed by atoms with Gasteiger partial charge in [-0.1, -0.05) is 18.0 Å². The van der Waals surface area contributed by atoms with Gasteiger partial charge in [0.05, 0.1) is 4.34 Å². The number of nitrogens with one attached hydrogen (secondary N) is 1. The minimum Gasteiger partial charge on any atom is -0.396 e. The first-order chi connectivity index (χ1) is 8.94. The number of thiophene rings is 1. The average molecular weight is 324 g/mol. The van der Waals surface area contributed by atoms with Gasteiger partial charge in [0.2, 0.25) is 10.0 Å². The minimum atomic E-state index is -3.48. The zero-order chi connectivity index (χ0) is 14.0. The molecule has 1 aromatic heterocycles. The predicted octanol–water partition coefficient (Wildman–Crippen LogP) is 2.40. The SMILES string of the molecule is Cc1cc(S(=O)(=O)NCC2CCCC2CO)sc1Cl. The molecule has 0 aliphatic heterocycles. The molecule has 0 aromatic carbocycles. The Labute approximate surface area is 122 Å². The van der Waals surface area contributed by atoms with Crippen LogP contribution in [-0.2, 0) is 10.0 Å². The van der Waals surface area contributed by atoms with Crippen LogP contribution in [0.15, 0.2) is 10.3 Å². The molecule has 0 bridgehead atoms. The Morgan fingerprint density at radius 2 is 2.16 bits per heavy atom. The first-order valence-electron chi connectivity index (χ1n) is 6.30. The van der Waals surface area contributed by atoms with E-state index in [9.17, 15) is 13.5 Å². The quantitative estimate of drug-likeness (QED) is 0.874. The summed E-state index contributed by atoms with van der Waals surface area (Å²) < 4.78 is 27.7. The molecule has 1 heterocycles. The number of aliphatic hydroxyl groups excluding tert-OH is 1. The molecule has 1 aliphatic rings. The van der Waals surface area contributed by atoms with E-state index in [1.54, 1.807) is 13.0 Å². The summed E-state index contributed by atoms with van der Waals surface area (Å²) in [6, 6.07) is 1.59. The molecule has 1 aliphatic carbocycles. The third-order valence-electron chi connectivity index (χ3n) is 3.69. The van der Waals surface area contributed by atoms with E-state index in [0.717, 1.165) is 36.2 Å². The molecule has 0 radical (unpaired) electrons. The highest BCUT2D eigenvalue weighted by atomic mass is 35.5.